The Morgan fingerprint density at radius 1 is 1.17 bits per heavy atom. The van der Waals surface area contributed by atoms with E-state index in [4.69, 9.17) is 15.2 Å². The third-order valence-corrected chi connectivity index (χ3v) is 2.44. The van der Waals surface area contributed by atoms with Gasteiger partial charge >= 0.3 is 0 Å². The van der Waals surface area contributed by atoms with Gasteiger partial charge < -0.3 is 15.2 Å². The molecule has 0 aliphatic carbocycles. The van der Waals surface area contributed by atoms with Crippen molar-refractivity contribution in [2.24, 2.45) is 0 Å². The molecule has 0 atom stereocenters. The minimum absolute atomic E-state index is 0.440. The van der Waals surface area contributed by atoms with Crippen LogP contribution in [0.5, 0.6) is 5.75 Å². The third-order valence-electron chi connectivity index (χ3n) is 2.44. The van der Waals surface area contributed by atoms with E-state index in [0.29, 0.717) is 19.0 Å². The molecule has 2 rings (SSSR count). The second kappa shape index (κ2) is 5.50. The van der Waals surface area contributed by atoms with E-state index in [9.17, 15) is 0 Å². The Morgan fingerprint density at radius 2 is 1.89 bits per heavy atom. The van der Waals surface area contributed by atoms with Gasteiger partial charge in [-0.05, 0) is 31.2 Å². The molecule has 0 unspecified atom stereocenters. The molecule has 1 aromatic heterocycles. The van der Waals surface area contributed by atoms with Crippen molar-refractivity contribution in [1.82, 2.24) is 15.0 Å². The number of hydrogen-bond donors (Lipinski definition) is 1. The van der Waals surface area contributed by atoms with Gasteiger partial charge in [0, 0.05) is 7.11 Å². The summed E-state index contributed by atoms with van der Waals surface area (Å²) in [6.07, 6.45) is 0. The lowest BCUT2D eigenvalue weighted by atomic mass is 10.3. The number of aryl methyl sites for hydroxylation is 1. The summed E-state index contributed by atoms with van der Waals surface area (Å²) in [6.45, 7) is 2.92. The molecule has 0 bridgehead atoms. The molecule has 96 valence electrons. The van der Waals surface area contributed by atoms with Crippen LogP contribution in [0.25, 0.3) is 5.69 Å². The molecule has 1 aromatic carbocycles. The summed E-state index contributed by atoms with van der Waals surface area (Å²) in [7, 11) is 1.64. The maximum Gasteiger partial charge on any atom is 0.169 e. The molecule has 0 aliphatic heterocycles. The molecule has 0 amide bonds. The Bertz CT molecular complexity index is 488. The van der Waals surface area contributed by atoms with E-state index in [-0.39, 0.29) is 0 Å². The first-order chi connectivity index (χ1) is 8.70. The molecule has 0 saturated carbocycles. The van der Waals surface area contributed by atoms with Gasteiger partial charge in [0.25, 0.3) is 0 Å². The summed E-state index contributed by atoms with van der Waals surface area (Å²) in [5.41, 5.74) is 7.22. The number of anilines is 1. The van der Waals surface area contributed by atoms with Gasteiger partial charge in [-0.3, -0.25) is 0 Å². The quantitative estimate of drug-likeness (QED) is 0.804. The molecule has 0 spiro atoms. The van der Waals surface area contributed by atoms with E-state index < -0.39 is 0 Å². The summed E-state index contributed by atoms with van der Waals surface area (Å²) >= 11 is 0. The number of hydrogen-bond acceptors (Lipinski definition) is 5. The number of aromatic nitrogens is 3. The SMILES string of the molecule is COCCOc1ccc(-n2nc(C)c(N)n2)cc1. The number of nitrogens with zero attached hydrogens (tertiary/aromatic N) is 3. The number of ether oxygens (including phenoxy) is 2. The predicted octanol–water partition coefficient (Wildman–Crippen LogP) is 1.18. The highest BCUT2D eigenvalue weighted by molar-refractivity contribution is 5.38. The van der Waals surface area contributed by atoms with Crippen molar-refractivity contribution in [3.63, 3.8) is 0 Å². The van der Waals surface area contributed by atoms with Crippen LogP contribution in [-0.4, -0.2) is 35.3 Å². The summed E-state index contributed by atoms with van der Waals surface area (Å²) < 4.78 is 10.4. The Labute approximate surface area is 105 Å². The van der Waals surface area contributed by atoms with Crippen LogP contribution in [0.4, 0.5) is 5.82 Å². The second-order valence-corrected chi connectivity index (χ2v) is 3.80. The first-order valence-corrected chi connectivity index (χ1v) is 5.62. The Morgan fingerprint density at radius 3 is 2.44 bits per heavy atom. The lowest BCUT2D eigenvalue weighted by Crippen LogP contribution is -2.04. The molecule has 18 heavy (non-hydrogen) atoms. The highest BCUT2D eigenvalue weighted by atomic mass is 16.5. The normalized spacial score (nSPS) is 10.6. The Balaban J connectivity index is 2.07. The Kier molecular flexibility index (Phi) is 3.78. The minimum Gasteiger partial charge on any atom is -0.491 e. The standard InChI is InChI=1S/C12H16N4O2/c1-9-12(13)15-16(14-9)10-3-5-11(6-4-10)18-8-7-17-2/h3-6H,7-8H2,1-2H3,(H2,13,15). The number of nitrogen functional groups attached to an aromatic ring is 1. The molecule has 0 radical (unpaired) electrons. The zero-order valence-corrected chi connectivity index (χ0v) is 10.5. The van der Waals surface area contributed by atoms with Crippen LogP contribution in [0, 0.1) is 6.92 Å². The van der Waals surface area contributed by atoms with Crippen molar-refractivity contribution in [2.45, 2.75) is 6.92 Å². The molecular weight excluding hydrogens is 232 g/mol. The third kappa shape index (κ3) is 2.78. The van der Waals surface area contributed by atoms with E-state index in [2.05, 4.69) is 10.2 Å². The summed E-state index contributed by atoms with van der Waals surface area (Å²) in [5, 5.41) is 8.31. The number of benzene rings is 1. The van der Waals surface area contributed by atoms with Crippen molar-refractivity contribution < 1.29 is 9.47 Å². The van der Waals surface area contributed by atoms with Gasteiger partial charge in [-0.2, -0.15) is 5.10 Å². The topological polar surface area (TPSA) is 75.2 Å². The van der Waals surface area contributed by atoms with Crippen molar-refractivity contribution in [2.75, 3.05) is 26.1 Å². The van der Waals surface area contributed by atoms with Gasteiger partial charge in [0.15, 0.2) is 5.82 Å². The Hall–Kier alpha value is -2.08. The van der Waals surface area contributed by atoms with Crippen LogP contribution >= 0.6 is 0 Å². The van der Waals surface area contributed by atoms with E-state index in [1.807, 2.05) is 31.2 Å². The van der Waals surface area contributed by atoms with Gasteiger partial charge in [0.2, 0.25) is 0 Å². The van der Waals surface area contributed by atoms with Gasteiger partial charge in [-0.25, -0.2) is 0 Å². The summed E-state index contributed by atoms with van der Waals surface area (Å²) in [5.74, 6) is 1.23. The molecule has 0 aliphatic rings. The van der Waals surface area contributed by atoms with Crippen LogP contribution in [-0.2, 0) is 4.74 Å². The average Bonchev–Trinajstić information content (AvgIpc) is 2.71. The van der Waals surface area contributed by atoms with Crippen LogP contribution in [0.3, 0.4) is 0 Å². The molecule has 0 fully saturated rings. The maximum atomic E-state index is 5.66. The van der Waals surface area contributed by atoms with E-state index in [1.54, 1.807) is 7.11 Å². The molecule has 6 heteroatoms. The van der Waals surface area contributed by atoms with E-state index in [1.165, 1.54) is 4.80 Å². The van der Waals surface area contributed by atoms with Crippen molar-refractivity contribution in [3.8, 4) is 11.4 Å². The highest BCUT2D eigenvalue weighted by Gasteiger charge is 2.04. The second-order valence-electron chi connectivity index (χ2n) is 3.80. The number of methoxy groups -OCH3 is 1. The van der Waals surface area contributed by atoms with Crippen LogP contribution in [0.2, 0.25) is 0 Å². The van der Waals surface area contributed by atoms with Gasteiger partial charge in [-0.1, -0.05) is 0 Å². The first kappa shape index (κ1) is 12.4. The average molecular weight is 248 g/mol. The van der Waals surface area contributed by atoms with Gasteiger partial charge in [0.1, 0.15) is 18.1 Å². The van der Waals surface area contributed by atoms with Crippen molar-refractivity contribution >= 4 is 5.82 Å². The zero-order chi connectivity index (χ0) is 13.0. The minimum atomic E-state index is 0.440. The fourth-order valence-electron chi connectivity index (χ4n) is 1.42. The van der Waals surface area contributed by atoms with Crippen molar-refractivity contribution in [1.29, 1.82) is 0 Å². The molecular formula is C12H16N4O2. The summed E-state index contributed by atoms with van der Waals surface area (Å²) in [6, 6.07) is 7.47. The lowest BCUT2D eigenvalue weighted by Gasteiger charge is -2.06. The highest BCUT2D eigenvalue weighted by Crippen LogP contribution is 2.15. The lowest BCUT2D eigenvalue weighted by molar-refractivity contribution is 0.146. The fraction of sp³-hybridized carbons (Fsp3) is 0.333. The van der Waals surface area contributed by atoms with Crippen LogP contribution in [0.1, 0.15) is 5.69 Å². The maximum absolute atomic E-state index is 5.66. The molecule has 1 heterocycles. The smallest absolute Gasteiger partial charge is 0.169 e. The van der Waals surface area contributed by atoms with E-state index >= 15 is 0 Å². The monoisotopic (exact) mass is 248 g/mol. The largest absolute Gasteiger partial charge is 0.491 e. The van der Waals surface area contributed by atoms with Crippen molar-refractivity contribution in [3.05, 3.63) is 30.0 Å². The van der Waals surface area contributed by atoms with Gasteiger partial charge in [-0.15, -0.1) is 9.90 Å². The first-order valence-electron chi connectivity index (χ1n) is 5.62. The van der Waals surface area contributed by atoms with E-state index in [0.717, 1.165) is 17.1 Å². The van der Waals surface area contributed by atoms with Gasteiger partial charge in [0.05, 0.1) is 12.3 Å². The molecule has 6 nitrogen and oxygen atoms in total. The van der Waals surface area contributed by atoms with Crippen LogP contribution < -0.4 is 10.5 Å². The fourth-order valence-corrected chi connectivity index (χ4v) is 1.42. The predicted molar refractivity (Wildman–Crippen MR) is 67.9 cm³/mol. The number of nitrogens with two attached hydrogens (primary N) is 1. The van der Waals surface area contributed by atoms with Crippen LogP contribution in [0.15, 0.2) is 24.3 Å². The molecule has 2 N–H and O–H groups in total. The number of rotatable bonds is 5. The zero-order valence-electron chi connectivity index (χ0n) is 10.5. The molecule has 0 saturated heterocycles. The summed E-state index contributed by atoms with van der Waals surface area (Å²) in [4.78, 5) is 1.50. The molecule has 2 aromatic rings.